The zero-order valence-corrected chi connectivity index (χ0v) is 12.1. The van der Waals surface area contributed by atoms with E-state index in [0.29, 0.717) is 5.84 Å². The van der Waals surface area contributed by atoms with E-state index in [1.807, 2.05) is 0 Å². The van der Waals surface area contributed by atoms with Gasteiger partial charge in [-0.2, -0.15) is 0 Å². The molecule has 2 aliphatic heterocycles. The minimum Gasteiger partial charge on any atom is -0.409 e. The molecule has 3 N–H and O–H groups in total. The van der Waals surface area contributed by atoms with Crippen molar-refractivity contribution in [2.75, 3.05) is 32.7 Å². The Labute approximate surface area is 116 Å². The maximum absolute atomic E-state index is 8.84. The lowest BCUT2D eigenvalue weighted by Gasteiger charge is -2.37. The molecule has 0 radical (unpaired) electrons. The lowest BCUT2D eigenvalue weighted by atomic mass is 9.94. The number of hydrogen-bond donors (Lipinski definition) is 2. The SMILES string of the molecule is CCC(C(N)=NO)N1CCC(CN2CCCC2)CC1. The predicted molar refractivity (Wildman–Crippen MR) is 77.5 cm³/mol. The van der Waals surface area contributed by atoms with E-state index in [4.69, 9.17) is 10.9 Å². The zero-order valence-electron chi connectivity index (χ0n) is 12.1. The van der Waals surface area contributed by atoms with Crippen LogP contribution in [0, 0.1) is 5.92 Å². The first-order valence-corrected chi connectivity index (χ1v) is 7.68. The Kier molecular flexibility index (Phi) is 5.45. The summed E-state index contributed by atoms with van der Waals surface area (Å²) in [5, 5.41) is 12.0. The average Bonchev–Trinajstić information content (AvgIpc) is 2.94. The van der Waals surface area contributed by atoms with Crippen molar-refractivity contribution in [1.82, 2.24) is 9.80 Å². The molecule has 2 fully saturated rings. The highest BCUT2D eigenvalue weighted by Gasteiger charge is 2.27. The molecule has 0 amide bonds. The summed E-state index contributed by atoms with van der Waals surface area (Å²) in [6.45, 7) is 8.11. The van der Waals surface area contributed by atoms with Gasteiger partial charge in [0.05, 0.1) is 6.04 Å². The van der Waals surface area contributed by atoms with Gasteiger partial charge in [-0.25, -0.2) is 0 Å². The largest absolute Gasteiger partial charge is 0.409 e. The Hall–Kier alpha value is -0.810. The molecule has 0 aliphatic carbocycles. The van der Waals surface area contributed by atoms with Gasteiger partial charge < -0.3 is 15.8 Å². The molecular formula is C14H28N4O. The van der Waals surface area contributed by atoms with Crippen molar-refractivity contribution in [3.8, 4) is 0 Å². The standard InChI is InChI=1S/C14H28N4O/c1-2-13(14(15)16-19)18-9-5-12(6-10-18)11-17-7-3-4-8-17/h12-13,19H,2-11H2,1H3,(H2,15,16). The van der Waals surface area contributed by atoms with Crippen molar-refractivity contribution in [3.05, 3.63) is 0 Å². The van der Waals surface area contributed by atoms with Crippen molar-refractivity contribution in [1.29, 1.82) is 0 Å². The average molecular weight is 268 g/mol. The molecule has 0 aromatic heterocycles. The van der Waals surface area contributed by atoms with E-state index in [2.05, 4.69) is 21.9 Å². The van der Waals surface area contributed by atoms with Crippen molar-refractivity contribution in [3.63, 3.8) is 0 Å². The zero-order chi connectivity index (χ0) is 13.7. The molecule has 2 saturated heterocycles. The molecule has 110 valence electrons. The summed E-state index contributed by atoms with van der Waals surface area (Å²) in [6, 6.07) is 0.109. The van der Waals surface area contributed by atoms with Crippen molar-refractivity contribution in [2.24, 2.45) is 16.8 Å². The Morgan fingerprint density at radius 1 is 1.26 bits per heavy atom. The maximum Gasteiger partial charge on any atom is 0.156 e. The van der Waals surface area contributed by atoms with E-state index < -0.39 is 0 Å². The Bertz CT molecular complexity index is 294. The topological polar surface area (TPSA) is 65.1 Å². The van der Waals surface area contributed by atoms with Gasteiger partial charge >= 0.3 is 0 Å². The highest BCUT2D eigenvalue weighted by Crippen LogP contribution is 2.22. The molecule has 5 heteroatoms. The molecule has 0 spiro atoms. The maximum atomic E-state index is 8.84. The monoisotopic (exact) mass is 268 g/mol. The number of amidine groups is 1. The van der Waals surface area contributed by atoms with E-state index in [0.717, 1.165) is 25.4 Å². The third-order valence-electron chi connectivity index (χ3n) is 4.65. The van der Waals surface area contributed by atoms with Gasteiger partial charge in [-0.1, -0.05) is 12.1 Å². The Morgan fingerprint density at radius 3 is 2.42 bits per heavy atom. The van der Waals surface area contributed by atoms with E-state index >= 15 is 0 Å². The first kappa shape index (κ1) is 14.6. The van der Waals surface area contributed by atoms with Crippen molar-refractivity contribution >= 4 is 5.84 Å². The lowest BCUT2D eigenvalue weighted by molar-refractivity contribution is 0.134. The first-order valence-electron chi connectivity index (χ1n) is 7.68. The van der Waals surface area contributed by atoms with Gasteiger partial charge in [0.2, 0.25) is 0 Å². The minimum absolute atomic E-state index is 0.109. The predicted octanol–water partition coefficient (Wildman–Crippen LogP) is 1.32. The van der Waals surface area contributed by atoms with Crippen LogP contribution in [-0.4, -0.2) is 59.6 Å². The van der Waals surface area contributed by atoms with Crippen LogP contribution in [0.3, 0.4) is 0 Å². The molecular weight excluding hydrogens is 240 g/mol. The van der Waals surface area contributed by atoms with Crippen LogP contribution in [-0.2, 0) is 0 Å². The molecule has 1 atom stereocenters. The van der Waals surface area contributed by atoms with Crippen LogP contribution in [0.1, 0.15) is 39.0 Å². The Morgan fingerprint density at radius 2 is 1.89 bits per heavy atom. The molecule has 5 nitrogen and oxygen atoms in total. The van der Waals surface area contributed by atoms with Crippen LogP contribution in [0.5, 0.6) is 0 Å². The number of piperidine rings is 1. The fourth-order valence-electron chi connectivity index (χ4n) is 3.50. The second-order valence-corrected chi connectivity index (χ2v) is 5.94. The third kappa shape index (κ3) is 3.83. The smallest absolute Gasteiger partial charge is 0.156 e. The van der Waals surface area contributed by atoms with Gasteiger partial charge in [-0.05, 0) is 64.2 Å². The third-order valence-corrected chi connectivity index (χ3v) is 4.65. The molecule has 2 heterocycles. The highest BCUT2D eigenvalue weighted by molar-refractivity contribution is 5.85. The summed E-state index contributed by atoms with van der Waals surface area (Å²) in [4.78, 5) is 4.98. The number of oxime groups is 1. The molecule has 19 heavy (non-hydrogen) atoms. The van der Waals surface area contributed by atoms with Crippen LogP contribution in [0.4, 0.5) is 0 Å². The van der Waals surface area contributed by atoms with Gasteiger partial charge in [-0.3, -0.25) is 4.90 Å². The van der Waals surface area contributed by atoms with Crippen LogP contribution in [0.25, 0.3) is 0 Å². The second-order valence-electron chi connectivity index (χ2n) is 5.94. The molecule has 2 rings (SSSR count). The number of nitrogens with two attached hydrogens (primary N) is 1. The fourth-order valence-corrected chi connectivity index (χ4v) is 3.50. The summed E-state index contributed by atoms with van der Waals surface area (Å²) in [7, 11) is 0. The summed E-state index contributed by atoms with van der Waals surface area (Å²) in [5.74, 6) is 1.19. The van der Waals surface area contributed by atoms with Crippen LogP contribution in [0.15, 0.2) is 5.16 Å². The van der Waals surface area contributed by atoms with Gasteiger partial charge in [0, 0.05) is 6.54 Å². The summed E-state index contributed by atoms with van der Waals surface area (Å²) in [5.41, 5.74) is 5.78. The number of nitrogens with zero attached hydrogens (tertiary/aromatic N) is 3. The molecule has 0 saturated carbocycles. The van der Waals surface area contributed by atoms with Crippen LogP contribution in [0.2, 0.25) is 0 Å². The molecule has 0 aromatic carbocycles. The lowest BCUT2D eigenvalue weighted by Crippen LogP contribution is -2.49. The number of likely N-dealkylation sites (tertiary alicyclic amines) is 2. The molecule has 0 aromatic rings. The molecule has 1 unspecified atom stereocenters. The van der Waals surface area contributed by atoms with Crippen molar-refractivity contribution in [2.45, 2.75) is 45.1 Å². The summed E-state index contributed by atoms with van der Waals surface area (Å²) >= 11 is 0. The van der Waals surface area contributed by atoms with Gasteiger partial charge in [0.25, 0.3) is 0 Å². The number of hydrogen-bond acceptors (Lipinski definition) is 4. The second kappa shape index (κ2) is 7.10. The van der Waals surface area contributed by atoms with Crippen molar-refractivity contribution < 1.29 is 5.21 Å². The van der Waals surface area contributed by atoms with E-state index in [-0.39, 0.29) is 6.04 Å². The normalized spacial score (nSPS) is 25.8. The summed E-state index contributed by atoms with van der Waals surface area (Å²) < 4.78 is 0. The first-order chi connectivity index (χ1) is 9.24. The van der Waals surface area contributed by atoms with E-state index in [1.54, 1.807) is 0 Å². The highest BCUT2D eigenvalue weighted by atomic mass is 16.4. The van der Waals surface area contributed by atoms with Gasteiger partial charge in [0.1, 0.15) is 0 Å². The van der Waals surface area contributed by atoms with Gasteiger partial charge in [-0.15, -0.1) is 0 Å². The minimum atomic E-state index is 0.109. The molecule has 2 aliphatic rings. The van der Waals surface area contributed by atoms with Crippen LogP contribution >= 0.6 is 0 Å². The number of rotatable bonds is 5. The Balaban J connectivity index is 1.77. The molecule has 0 bridgehead atoms. The van der Waals surface area contributed by atoms with Gasteiger partial charge in [0.15, 0.2) is 5.84 Å². The summed E-state index contributed by atoms with van der Waals surface area (Å²) in [6.07, 6.45) is 6.14. The van der Waals surface area contributed by atoms with E-state index in [1.165, 1.54) is 45.3 Å². The fraction of sp³-hybridized carbons (Fsp3) is 0.929. The quantitative estimate of drug-likeness (QED) is 0.342. The van der Waals surface area contributed by atoms with Crippen LogP contribution < -0.4 is 5.73 Å². The van der Waals surface area contributed by atoms with E-state index in [9.17, 15) is 0 Å².